The minimum atomic E-state index is -1.09. The molecule has 0 saturated carbocycles. The fourth-order valence-electron chi connectivity index (χ4n) is 3.27. The molecule has 3 rings (SSSR count). The second kappa shape index (κ2) is 10.3. The number of rotatable bonds is 7. The highest BCUT2D eigenvalue weighted by Gasteiger charge is 2.25. The van der Waals surface area contributed by atoms with Gasteiger partial charge in [-0.2, -0.15) is 0 Å². The number of hydrogen-bond donors (Lipinski definition) is 2. The Hall–Kier alpha value is -3.31. The van der Waals surface area contributed by atoms with Gasteiger partial charge in [0.15, 0.2) is 11.6 Å². The molecule has 0 atom stereocenters. The zero-order valence-electron chi connectivity index (χ0n) is 16.8. The summed E-state index contributed by atoms with van der Waals surface area (Å²) < 4.78 is 26.1. The Kier molecular flexibility index (Phi) is 7.54. The highest BCUT2D eigenvalue weighted by molar-refractivity contribution is 6.30. The van der Waals surface area contributed by atoms with Crippen LogP contribution in [0.1, 0.15) is 0 Å². The van der Waals surface area contributed by atoms with Crippen LogP contribution >= 0.6 is 11.6 Å². The maximum Gasteiger partial charge on any atom is 0.294 e. The average Bonchev–Trinajstić information content (AvgIpc) is 2.75. The summed E-state index contributed by atoms with van der Waals surface area (Å²) in [5, 5.41) is 16.4. The number of nitrogens with one attached hydrogen (secondary N) is 2. The Balaban J connectivity index is 1.44. The van der Waals surface area contributed by atoms with Gasteiger partial charge in [-0.1, -0.05) is 11.6 Å². The second-order valence-electron chi connectivity index (χ2n) is 7.11. The van der Waals surface area contributed by atoms with Crippen molar-refractivity contribution >= 4 is 40.5 Å². The molecule has 12 heteroatoms. The third-order valence-corrected chi connectivity index (χ3v) is 5.10. The quantitative estimate of drug-likeness (QED) is 0.478. The summed E-state index contributed by atoms with van der Waals surface area (Å²) in [4.78, 5) is 38.6. The van der Waals surface area contributed by atoms with Gasteiger partial charge >= 0.3 is 0 Å². The number of halogens is 3. The van der Waals surface area contributed by atoms with E-state index in [1.165, 1.54) is 12.1 Å². The largest absolute Gasteiger partial charge is 0.363 e. The van der Waals surface area contributed by atoms with Crippen LogP contribution in [0.3, 0.4) is 0 Å². The van der Waals surface area contributed by atoms with Gasteiger partial charge in [0, 0.05) is 49.0 Å². The minimum absolute atomic E-state index is 0.0506. The molecular formula is C20H20ClF2N5O4. The predicted molar refractivity (Wildman–Crippen MR) is 115 cm³/mol. The number of piperazine rings is 1. The number of nitro groups is 1. The molecule has 9 nitrogen and oxygen atoms in total. The first-order chi connectivity index (χ1) is 15.2. The van der Waals surface area contributed by atoms with Crippen LogP contribution in [0.25, 0.3) is 0 Å². The normalized spacial score (nSPS) is 14.2. The van der Waals surface area contributed by atoms with Crippen LogP contribution in [-0.2, 0) is 9.59 Å². The Bertz CT molecular complexity index is 1030. The lowest BCUT2D eigenvalue weighted by molar-refractivity contribution is -0.384. The number of amides is 2. The Morgan fingerprint density at radius 1 is 1.03 bits per heavy atom. The maximum absolute atomic E-state index is 13.2. The van der Waals surface area contributed by atoms with Crippen LogP contribution < -0.4 is 15.5 Å². The third-order valence-electron chi connectivity index (χ3n) is 4.86. The van der Waals surface area contributed by atoms with E-state index in [1.54, 1.807) is 12.1 Å². The van der Waals surface area contributed by atoms with Gasteiger partial charge in [0.05, 0.1) is 18.0 Å². The molecule has 1 saturated heterocycles. The Morgan fingerprint density at radius 2 is 1.75 bits per heavy atom. The summed E-state index contributed by atoms with van der Waals surface area (Å²) in [6.07, 6.45) is 0. The van der Waals surface area contributed by atoms with E-state index in [-0.39, 0.29) is 35.4 Å². The van der Waals surface area contributed by atoms with Crippen LogP contribution in [-0.4, -0.2) is 60.9 Å². The van der Waals surface area contributed by atoms with E-state index in [1.807, 2.05) is 9.80 Å². The Labute approximate surface area is 187 Å². The molecule has 32 heavy (non-hydrogen) atoms. The number of anilines is 2. The van der Waals surface area contributed by atoms with Crippen molar-refractivity contribution in [3.63, 3.8) is 0 Å². The second-order valence-corrected chi connectivity index (χ2v) is 7.54. The number of nitrogens with zero attached hydrogens (tertiary/aromatic N) is 3. The first-order valence-electron chi connectivity index (χ1n) is 9.66. The first kappa shape index (κ1) is 23.4. The van der Waals surface area contributed by atoms with Crippen LogP contribution in [0, 0.1) is 21.7 Å². The van der Waals surface area contributed by atoms with E-state index in [9.17, 15) is 28.5 Å². The summed E-state index contributed by atoms with van der Waals surface area (Å²) in [6, 6.07) is 7.45. The zero-order valence-corrected chi connectivity index (χ0v) is 17.6. The fourth-order valence-corrected chi connectivity index (χ4v) is 3.44. The highest BCUT2D eigenvalue weighted by Crippen LogP contribution is 2.31. The van der Waals surface area contributed by atoms with Crippen LogP contribution in [0.5, 0.6) is 0 Å². The topological polar surface area (TPSA) is 108 Å². The molecule has 1 aliphatic rings. The van der Waals surface area contributed by atoms with E-state index < -0.39 is 22.5 Å². The monoisotopic (exact) mass is 467 g/mol. The van der Waals surface area contributed by atoms with Gasteiger partial charge in [-0.05, 0) is 24.3 Å². The highest BCUT2D eigenvalue weighted by atomic mass is 35.5. The summed E-state index contributed by atoms with van der Waals surface area (Å²) in [6.45, 7) is 1.67. The van der Waals surface area contributed by atoms with Gasteiger partial charge in [-0.25, -0.2) is 8.78 Å². The molecule has 2 aromatic carbocycles. The average molecular weight is 468 g/mol. The van der Waals surface area contributed by atoms with Gasteiger partial charge in [0.2, 0.25) is 11.8 Å². The molecule has 1 aliphatic heterocycles. The van der Waals surface area contributed by atoms with E-state index >= 15 is 0 Å². The summed E-state index contributed by atoms with van der Waals surface area (Å²) in [7, 11) is 0. The molecule has 0 bridgehead atoms. The van der Waals surface area contributed by atoms with Crippen LogP contribution in [0.2, 0.25) is 5.02 Å². The molecule has 1 fully saturated rings. The zero-order chi connectivity index (χ0) is 23.3. The van der Waals surface area contributed by atoms with Crippen LogP contribution in [0.15, 0.2) is 36.4 Å². The fraction of sp³-hybridized carbons (Fsp3) is 0.300. The number of benzene rings is 2. The molecule has 0 radical (unpaired) electrons. The van der Waals surface area contributed by atoms with Crippen molar-refractivity contribution in [1.82, 2.24) is 10.2 Å². The Morgan fingerprint density at radius 3 is 2.41 bits per heavy atom. The molecule has 1 heterocycles. The molecule has 0 spiro atoms. The molecule has 2 N–H and O–H groups in total. The molecular weight excluding hydrogens is 448 g/mol. The van der Waals surface area contributed by atoms with Crippen LogP contribution in [0.4, 0.5) is 25.8 Å². The molecule has 0 unspecified atom stereocenters. The number of carbonyl (C=O) groups is 2. The van der Waals surface area contributed by atoms with Crippen molar-refractivity contribution in [2.75, 3.05) is 49.5 Å². The van der Waals surface area contributed by atoms with Gasteiger partial charge in [0.25, 0.3) is 5.69 Å². The van der Waals surface area contributed by atoms with Gasteiger partial charge in [-0.3, -0.25) is 24.6 Å². The van der Waals surface area contributed by atoms with Crippen molar-refractivity contribution in [2.45, 2.75) is 0 Å². The van der Waals surface area contributed by atoms with Crippen molar-refractivity contribution in [1.29, 1.82) is 0 Å². The van der Waals surface area contributed by atoms with Gasteiger partial charge in [0.1, 0.15) is 5.69 Å². The molecule has 2 aromatic rings. The lowest BCUT2D eigenvalue weighted by Crippen LogP contribution is -2.50. The molecule has 0 aliphatic carbocycles. The molecule has 170 valence electrons. The predicted octanol–water partition coefficient (Wildman–Crippen LogP) is 2.40. The number of nitro benzene ring substituents is 1. The third kappa shape index (κ3) is 6.11. The number of hydrogen-bond acceptors (Lipinski definition) is 6. The lowest BCUT2D eigenvalue weighted by Gasteiger charge is -2.35. The molecule has 0 aromatic heterocycles. The molecule has 2 amide bonds. The summed E-state index contributed by atoms with van der Waals surface area (Å²) in [5.74, 6) is -3.07. The van der Waals surface area contributed by atoms with Crippen molar-refractivity contribution in [3.8, 4) is 0 Å². The SMILES string of the molecule is O=C(CN1CCN(c2ccc(Cl)cc2[N+](=O)[O-])CC1)NCC(=O)Nc1ccc(F)c(F)c1. The minimum Gasteiger partial charge on any atom is -0.363 e. The maximum atomic E-state index is 13.2. The van der Waals surface area contributed by atoms with Crippen molar-refractivity contribution in [2.24, 2.45) is 0 Å². The van der Waals surface area contributed by atoms with E-state index in [2.05, 4.69) is 10.6 Å². The van der Waals surface area contributed by atoms with E-state index in [4.69, 9.17) is 11.6 Å². The first-order valence-corrected chi connectivity index (χ1v) is 10.0. The lowest BCUT2D eigenvalue weighted by atomic mass is 10.2. The van der Waals surface area contributed by atoms with Gasteiger partial charge in [-0.15, -0.1) is 0 Å². The number of carbonyl (C=O) groups excluding carboxylic acids is 2. The van der Waals surface area contributed by atoms with Crippen molar-refractivity contribution in [3.05, 3.63) is 63.2 Å². The van der Waals surface area contributed by atoms with E-state index in [0.29, 0.717) is 31.9 Å². The van der Waals surface area contributed by atoms with Gasteiger partial charge < -0.3 is 15.5 Å². The van der Waals surface area contributed by atoms with Crippen molar-refractivity contribution < 1.29 is 23.3 Å². The smallest absolute Gasteiger partial charge is 0.294 e. The summed E-state index contributed by atoms with van der Waals surface area (Å²) in [5.41, 5.74) is 0.476. The summed E-state index contributed by atoms with van der Waals surface area (Å²) >= 11 is 5.85. The van der Waals surface area contributed by atoms with E-state index in [0.717, 1.165) is 12.1 Å². The standard InChI is InChI=1S/C20H20ClF2N5O4/c21-13-1-4-17(18(9-13)28(31)32)27-7-5-26(6-8-27)12-20(30)24-11-19(29)25-14-2-3-15(22)16(23)10-14/h1-4,9-10H,5-8,11-12H2,(H,24,30)(H,25,29).